The summed E-state index contributed by atoms with van der Waals surface area (Å²) in [4.78, 5) is 34.3. The summed E-state index contributed by atoms with van der Waals surface area (Å²) in [5, 5.41) is 0.531. The van der Waals surface area contributed by atoms with Gasteiger partial charge in [0.15, 0.2) is 11.5 Å². The molecule has 0 bridgehead atoms. The Bertz CT molecular complexity index is 1520. The van der Waals surface area contributed by atoms with Crippen molar-refractivity contribution in [3.05, 3.63) is 87.7 Å². The number of likely N-dealkylation sites (N-methyl/N-ethyl adjacent to an activating group) is 1. The highest BCUT2D eigenvalue weighted by molar-refractivity contribution is 5.92. The van der Waals surface area contributed by atoms with Crippen molar-refractivity contribution in [3.8, 4) is 17.2 Å². The van der Waals surface area contributed by atoms with Crippen molar-refractivity contribution < 1.29 is 14.3 Å². The number of ether oxygens (including phenoxy) is 2. The molecule has 0 aliphatic carbocycles. The molecule has 2 aromatic heterocycles. The smallest absolute Gasteiger partial charge is 0.258 e. The number of aryl methyl sites for hydroxylation is 1. The van der Waals surface area contributed by atoms with E-state index in [1.165, 1.54) is 0 Å². The number of rotatable bonds is 6. The number of carbonyl (C=O) groups excluding carboxylic acids is 1. The van der Waals surface area contributed by atoms with E-state index < -0.39 is 0 Å². The summed E-state index contributed by atoms with van der Waals surface area (Å²) in [6, 6.07) is 15.1. The Labute approximate surface area is 202 Å². The Morgan fingerprint density at radius 1 is 1.14 bits per heavy atom. The quantitative estimate of drug-likeness (QED) is 0.428. The topological polar surface area (TPSA) is 89.5 Å². The lowest BCUT2D eigenvalue weighted by Gasteiger charge is -2.18. The van der Waals surface area contributed by atoms with Crippen LogP contribution in [0, 0.1) is 13.8 Å². The molecule has 8 heteroatoms. The minimum atomic E-state index is -0.208. The van der Waals surface area contributed by atoms with Crippen LogP contribution in [0.15, 0.2) is 59.4 Å². The first-order chi connectivity index (χ1) is 16.9. The SMILES string of the molecule is CCN(Cc1nc2ccccc2c(=O)[nH]1)C(=O)/C=C/c1cc(C)n(-c2ccc3c(c2)OCO3)c1C. The molecule has 0 fully saturated rings. The van der Waals surface area contributed by atoms with Crippen molar-refractivity contribution in [2.75, 3.05) is 13.3 Å². The van der Waals surface area contributed by atoms with E-state index in [0.717, 1.165) is 34.1 Å². The summed E-state index contributed by atoms with van der Waals surface area (Å²) in [6.07, 6.45) is 3.39. The highest BCUT2D eigenvalue weighted by Crippen LogP contribution is 2.35. The minimum absolute atomic E-state index is 0.156. The molecule has 4 aromatic rings. The summed E-state index contributed by atoms with van der Waals surface area (Å²) in [7, 11) is 0. The molecule has 0 spiro atoms. The Kier molecular flexibility index (Phi) is 5.86. The number of fused-ring (bicyclic) bond motifs is 2. The zero-order chi connectivity index (χ0) is 24.5. The van der Waals surface area contributed by atoms with Gasteiger partial charge in [-0.05, 0) is 62.7 Å². The molecular formula is C27H26N4O4. The van der Waals surface area contributed by atoms with Crippen LogP contribution in [0.3, 0.4) is 0 Å². The maximum Gasteiger partial charge on any atom is 0.258 e. The Balaban J connectivity index is 1.36. The first kappa shape index (κ1) is 22.5. The molecule has 2 aromatic carbocycles. The van der Waals surface area contributed by atoms with Crippen LogP contribution in [0.25, 0.3) is 22.7 Å². The monoisotopic (exact) mass is 470 g/mol. The Morgan fingerprint density at radius 2 is 1.94 bits per heavy atom. The maximum absolute atomic E-state index is 13.0. The van der Waals surface area contributed by atoms with E-state index in [1.54, 1.807) is 29.2 Å². The number of nitrogens with zero attached hydrogens (tertiary/aromatic N) is 3. The number of hydrogen-bond donors (Lipinski definition) is 1. The van der Waals surface area contributed by atoms with Gasteiger partial charge in [-0.1, -0.05) is 12.1 Å². The zero-order valence-electron chi connectivity index (χ0n) is 19.9. The van der Waals surface area contributed by atoms with Crippen molar-refractivity contribution in [2.45, 2.75) is 27.3 Å². The Morgan fingerprint density at radius 3 is 2.77 bits per heavy atom. The van der Waals surface area contributed by atoms with E-state index in [-0.39, 0.29) is 24.8 Å². The maximum atomic E-state index is 13.0. The van der Waals surface area contributed by atoms with Gasteiger partial charge < -0.3 is 23.9 Å². The van der Waals surface area contributed by atoms with Gasteiger partial charge in [0.25, 0.3) is 5.56 Å². The third-order valence-corrected chi connectivity index (χ3v) is 6.19. The molecule has 0 radical (unpaired) electrons. The molecule has 8 nitrogen and oxygen atoms in total. The number of aromatic nitrogens is 3. The molecule has 5 rings (SSSR count). The predicted octanol–water partition coefficient (Wildman–Crippen LogP) is 4.12. The molecule has 178 valence electrons. The third kappa shape index (κ3) is 4.30. The normalized spacial score (nSPS) is 12.5. The summed E-state index contributed by atoms with van der Waals surface area (Å²) >= 11 is 0. The van der Waals surface area contributed by atoms with Gasteiger partial charge in [0.05, 0.1) is 17.4 Å². The van der Waals surface area contributed by atoms with Crippen molar-refractivity contribution in [3.63, 3.8) is 0 Å². The second-order valence-corrected chi connectivity index (χ2v) is 8.41. The Hall–Kier alpha value is -4.33. The van der Waals surface area contributed by atoms with Crippen LogP contribution in [-0.4, -0.2) is 38.7 Å². The lowest BCUT2D eigenvalue weighted by atomic mass is 10.2. The van der Waals surface area contributed by atoms with Crippen LogP contribution < -0.4 is 15.0 Å². The molecule has 0 saturated heterocycles. The number of benzene rings is 2. The largest absolute Gasteiger partial charge is 0.454 e. The van der Waals surface area contributed by atoms with Crippen molar-refractivity contribution in [1.29, 1.82) is 0 Å². The second-order valence-electron chi connectivity index (χ2n) is 8.41. The lowest BCUT2D eigenvalue weighted by Crippen LogP contribution is -2.30. The first-order valence-corrected chi connectivity index (χ1v) is 11.5. The molecular weight excluding hydrogens is 444 g/mol. The van der Waals surface area contributed by atoms with Crippen LogP contribution in [-0.2, 0) is 11.3 Å². The fraction of sp³-hybridized carbons (Fsp3) is 0.222. The molecule has 1 aliphatic heterocycles. The lowest BCUT2D eigenvalue weighted by molar-refractivity contribution is -0.126. The van der Waals surface area contributed by atoms with Crippen LogP contribution in [0.5, 0.6) is 11.5 Å². The highest BCUT2D eigenvalue weighted by atomic mass is 16.7. The summed E-state index contributed by atoms with van der Waals surface area (Å²) in [6.45, 7) is 6.87. The van der Waals surface area contributed by atoms with Crippen LogP contribution >= 0.6 is 0 Å². The average Bonchev–Trinajstić information content (AvgIpc) is 3.43. The number of H-pyrrole nitrogens is 1. The molecule has 0 atom stereocenters. The van der Waals surface area contributed by atoms with Crippen molar-refractivity contribution in [1.82, 2.24) is 19.4 Å². The average molecular weight is 471 g/mol. The van der Waals surface area contributed by atoms with Crippen molar-refractivity contribution >= 4 is 22.9 Å². The van der Waals surface area contributed by atoms with Crippen LogP contribution in [0.1, 0.15) is 29.7 Å². The van der Waals surface area contributed by atoms with Gasteiger partial charge in [-0.25, -0.2) is 4.98 Å². The van der Waals surface area contributed by atoms with E-state index in [0.29, 0.717) is 23.3 Å². The van der Waals surface area contributed by atoms with E-state index in [9.17, 15) is 9.59 Å². The van der Waals surface area contributed by atoms with Gasteiger partial charge in [-0.3, -0.25) is 9.59 Å². The standard InChI is InChI=1S/C27H26N4O4/c1-4-30(15-25-28-22-8-6-5-7-21(22)27(33)29-25)26(32)12-9-19-13-17(2)31(18(19)3)20-10-11-23-24(14-20)35-16-34-23/h5-14H,4,15-16H2,1-3H3,(H,28,29,33)/b12-9+. The summed E-state index contributed by atoms with van der Waals surface area (Å²) < 4.78 is 13.1. The molecule has 3 heterocycles. The minimum Gasteiger partial charge on any atom is -0.454 e. The van der Waals surface area contributed by atoms with Gasteiger partial charge in [0.1, 0.15) is 5.82 Å². The van der Waals surface area contributed by atoms with Gasteiger partial charge in [0.2, 0.25) is 12.7 Å². The van der Waals surface area contributed by atoms with E-state index in [4.69, 9.17) is 9.47 Å². The number of para-hydroxylation sites is 1. The molecule has 1 aliphatic rings. The zero-order valence-corrected chi connectivity index (χ0v) is 19.9. The molecule has 1 N–H and O–H groups in total. The summed E-state index contributed by atoms with van der Waals surface area (Å²) in [5.74, 6) is 1.76. The van der Waals surface area contributed by atoms with Crippen LogP contribution in [0.2, 0.25) is 0 Å². The predicted molar refractivity (Wildman–Crippen MR) is 134 cm³/mol. The van der Waals surface area contributed by atoms with Crippen molar-refractivity contribution in [2.24, 2.45) is 0 Å². The fourth-order valence-electron chi connectivity index (χ4n) is 4.38. The summed E-state index contributed by atoms with van der Waals surface area (Å²) in [5.41, 5.74) is 4.37. The first-order valence-electron chi connectivity index (χ1n) is 11.5. The molecule has 0 saturated carbocycles. The van der Waals surface area contributed by atoms with Crippen LogP contribution in [0.4, 0.5) is 0 Å². The number of amides is 1. The number of nitrogens with one attached hydrogen (secondary N) is 1. The van der Waals surface area contributed by atoms with E-state index in [2.05, 4.69) is 14.5 Å². The fourth-order valence-corrected chi connectivity index (χ4v) is 4.38. The highest BCUT2D eigenvalue weighted by Gasteiger charge is 2.17. The van der Waals surface area contributed by atoms with Gasteiger partial charge in [-0.15, -0.1) is 0 Å². The number of carbonyl (C=O) groups is 1. The molecule has 0 unspecified atom stereocenters. The van der Waals surface area contributed by atoms with Gasteiger partial charge in [-0.2, -0.15) is 0 Å². The van der Waals surface area contributed by atoms with Gasteiger partial charge >= 0.3 is 0 Å². The molecule has 1 amide bonds. The molecule has 35 heavy (non-hydrogen) atoms. The number of aromatic amines is 1. The third-order valence-electron chi connectivity index (χ3n) is 6.19. The number of hydrogen-bond acceptors (Lipinski definition) is 5. The second kappa shape index (κ2) is 9.13. The van der Waals surface area contributed by atoms with Gasteiger partial charge in [0, 0.05) is 35.8 Å². The van der Waals surface area contributed by atoms with E-state index >= 15 is 0 Å². The van der Waals surface area contributed by atoms with E-state index in [1.807, 2.05) is 57.2 Å².